The quantitative estimate of drug-likeness (QED) is 0.155. The van der Waals surface area contributed by atoms with Gasteiger partial charge in [0.1, 0.15) is 5.70 Å². The molecule has 0 saturated heterocycles. The second-order valence-corrected chi connectivity index (χ2v) is 11.2. The minimum Gasteiger partial charge on any atom is -0.325 e. The Morgan fingerprint density at radius 3 is 2.28 bits per heavy atom. The molecule has 0 radical (unpaired) electrons. The SMILES string of the molecule is Cc1cc(C)cc(NC(=O)C(C)Sc2cccc(NC(=O)/C(=C/c3ccsc3)NC(=O)c3ccccc3)c2)c1. The molecule has 0 fully saturated rings. The number of benzene rings is 3. The molecule has 0 aliphatic heterocycles. The van der Waals surface area contributed by atoms with Crippen LogP contribution in [0.15, 0.2) is 100 Å². The van der Waals surface area contributed by atoms with Crippen LogP contribution in [0, 0.1) is 13.8 Å². The van der Waals surface area contributed by atoms with Crippen molar-refractivity contribution in [1.82, 2.24) is 5.32 Å². The third-order valence-corrected chi connectivity index (χ3v) is 7.44. The van der Waals surface area contributed by atoms with E-state index in [1.54, 1.807) is 36.4 Å². The molecule has 0 spiro atoms. The summed E-state index contributed by atoms with van der Waals surface area (Å²) in [7, 11) is 0. The molecule has 1 atom stereocenters. The number of hydrogen-bond acceptors (Lipinski definition) is 5. The molecular weight excluding hydrogens is 526 g/mol. The Morgan fingerprint density at radius 1 is 0.846 bits per heavy atom. The fraction of sp³-hybridized carbons (Fsp3) is 0.129. The molecule has 8 heteroatoms. The van der Waals surface area contributed by atoms with Crippen molar-refractivity contribution < 1.29 is 14.4 Å². The maximum Gasteiger partial charge on any atom is 0.272 e. The molecule has 1 heterocycles. The highest BCUT2D eigenvalue weighted by Gasteiger charge is 2.17. The number of thioether (sulfide) groups is 1. The highest BCUT2D eigenvalue weighted by molar-refractivity contribution is 8.00. The number of carbonyl (C=O) groups is 3. The molecule has 0 aliphatic rings. The van der Waals surface area contributed by atoms with Crippen molar-refractivity contribution >= 4 is 58.3 Å². The molecule has 6 nitrogen and oxygen atoms in total. The third-order valence-electron chi connectivity index (χ3n) is 5.65. The summed E-state index contributed by atoms with van der Waals surface area (Å²) >= 11 is 2.89. The van der Waals surface area contributed by atoms with Gasteiger partial charge in [-0.1, -0.05) is 30.3 Å². The molecule has 39 heavy (non-hydrogen) atoms. The van der Waals surface area contributed by atoms with Gasteiger partial charge in [-0.05, 0) is 103 Å². The topological polar surface area (TPSA) is 87.3 Å². The molecular formula is C31H29N3O3S2. The number of amides is 3. The van der Waals surface area contributed by atoms with E-state index < -0.39 is 5.91 Å². The van der Waals surface area contributed by atoms with E-state index in [0.29, 0.717) is 11.3 Å². The molecule has 4 aromatic rings. The normalized spacial score (nSPS) is 11.9. The predicted octanol–water partition coefficient (Wildman–Crippen LogP) is 6.89. The Bertz CT molecular complexity index is 1480. The number of rotatable bonds is 9. The average Bonchev–Trinajstić information content (AvgIpc) is 3.41. The van der Waals surface area contributed by atoms with E-state index in [4.69, 9.17) is 0 Å². The van der Waals surface area contributed by atoms with Crippen molar-refractivity contribution in [2.45, 2.75) is 30.9 Å². The monoisotopic (exact) mass is 555 g/mol. The van der Waals surface area contributed by atoms with Gasteiger partial charge in [0.2, 0.25) is 5.91 Å². The Morgan fingerprint density at radius 2 is 1.59 bits per heavy atom. The molecule has 3 amide bonds. The van der Waals surface area contributed by atoms with Crippen molar-refractivity contribution in [3.05, 3.63) is 118 Å². The molecule has 0 bridgehead atoms. The van der Waals surface area contributed by atoms with Crippen LogP contribution in [0.3, 0.4) is 0 Å². The second kappa shape index (κ2) is 13.1. The van der Waals surface area contributed by atoms with Crippen molar-refractivity contribution in [3.63, 3.8) is 0 Å². The highest BCUT2D eigenvalue weighted by atomic mass is 32.2. The van der Waals surface area contributed by atoms with Crippen LogP contribution >= 0.6 is 23.1 Å². The van der Waals surface area contributed by atoms with Gasteiger partial charge in [-0.25, -0.2) is 0 Å². The Hall–Kier alpha value is -4.14. The first-order valence-corrected chi connectivity index (χ1v) is 14.2. The Labute approximate surface area is 236 Å². The van der Waals surface area contributed by atoms with Gasteiger partial charge in [-0.2, -0.15) is 11.3 Å². The van der Waals surface area contributed by atoms with E-state index >= 15 is 0 Å². The van der Waals surface area contributed by atoms with Gasteiger partial charge in [-0.15, -0.1) is 11.8 Å². The van der Waals surface area contributed by atoms with Gasteiger partial charge in [0.15, 0.2) is 0 Å². The Balaban J connectivity index is 1.44. The first-order valence-electron chi connectivity index (χ1n) is 12.3. The lowest BCUT2D eigenvalue weighted by Gasteiger charge is -2.14. The molecule has 1 aromatic heterocycles. The summed E-state index contributed by atoms with van der Waals surface area (Å²) in [6, 6.07) is 23.8. The average molecular weight is 556 g/mol. The predicted molar refractivity (Wildman–Crippen MR) is 161 cm³/mol. The van der Waals surface area contributed by atoms with Crippen LogP contribution in [0.25, 0.3) is 6.08 Å². The van der Waals surface area contributed by atoms with E-state index in [-0.39, 0.29) is 22.8 Å². The lowest BCUT2D eigenvalue weighted by atomic mass is 10.1. The van der Waals surface area contributed by atoms with E-state index in [0.717, 1.165) is 27.3 Å². The van der Waals surface area contributed by atoms with E-state index in [2.05, 4.69) is 22.0 Å². The minimum atomic E-state index is -0.451. The molecule has 0 saturated carbocycles. The zero-order valence-electron chi connectivity index (χ0n) is 21.9. The van der Waals surface area contributed by atoms with Crippen LogP contribution in [0.2, 0.25) is 0 Å². The number of nitrogens with one attached hydrogen (secondary N) is 3. The highest BCUT2D eigenvalue weighted by Crippen LogP contribution is 2.27. The lowest BCUT2D eigenvalue weighted by molar-refractivity contribution is -0.115. The van der Waals surface area contributed by atoms with Crippen molar-refractivity contribution in [3.8, 4) is 0 Å². The zero-order valence-corrected chi connectivity index (χ0v) is 23.5. The fourth-order valence-electron chi connectivity index (χ4n) is 3.86. The van der Waals surface area contributed by atoms with Crippen molar-refractivity contribution in [2.75, 3.05) is 10.6 Å². The van der Waals surface area contributed by atoms with Gasteiger partial charge in [0, 0.05) is 21.8 Å². The first kappa shape index (κ1) is 27.9. The summed E-state index contributed by atoms with van der Waals surface area (Å²) < 4.78 is 0. The summed E-state index contributed by atoms with van der Waals surface area (Å²) in [4.78, 5) is 39.7. The van der Waals surface area contributed by atoms with Crippen LogP contribution in [-0.4, -0.2) is 23.0 Å². The summed E-state index contributed by atoms with van der Waals surface area (Å²) in [5.41, 5.74) is 4.88. The number of hydrogen-bond donors (Lipinski definition) is 3. The number of anilines is 2. The smallest absolute Gasteiger partial charge is 0.272 e. The van der Waals surface area contributed by atoms with Crippen molar-refractivity contribution in [2.24, 2.45) is 0 Å². The largest absolute Gasteiger partial charge is 0.325 e. The summed E-state index contributed by atoms with van der Waals surface area (Å²) in [5, 5.41) is 12.0. The molecule has 198 valence electrons. The van der Waals surface area contributed by atoms with Crippen LogP contribution in [0.4, 0.5) is 11.4 Å². The van der Waals surface area contributed by atoms with Crippen LogP contribution in [-0.2, 0) is 9.59 Å². The molecule has 0 aliphatic carbocycles. The maximum atomic E-state index is 13.2. The first-order chi connectivity index (χ1) is 18.8. The van der Waals surface area contributed by atoms with Crippen molar-refractivity contribution in [1.29, 1.82) is 0 Å². The van der Waals surface area contributed by atoms with Gasteiger partial charge in [0.05, 0.1) is 5.25 Å². The van der Waals surface area contributed by atoms with Crippen LogP contribution in [0.1, 0.15) is 34.0 Å². The standard InChI is InChI=1S/C31H29N3O3S2/c1-20-14-21(2)16-26(15-20)33-29(35)22(3)39-27-11-7-10-25(18-27)32-31(37)28(17-23-12-13-38-19-23)34-30(36)24-8-5-4-6-9-24/h4-19,22H,1-3H3,(H,32,37)(H,33,35)(H,34,36)/b28-17-. The summed E-state index contributed by atoms with van der Waals surface area (Å²) in [6.07, 6.45) is 1.64. The second-order valence-electron chi connectivity index (χ2n) is 9.04. The van der Waals surface area contributed by atoms with Crippen LogP contribution < -0.4 is 16.0 Å². The number of aryl methyl sites for hydroxylation is 2. The van der Waals surface area contributed by atoms with Gasteiger partial charge < -0.3 is 16.0 Å². The minimum absolute atomic E-state index is 0.107. The molecule has 3 aromatic carbocycles. The van der Waals surface area contributed by atoms with Gasteiger partial charge in [-0.3, -0.25) is 14.4 Å². The lowest BCUT2D eigenvalue weighted by Crippen LogP contribution is -2.30. The molecule has 1 unspecified atom stereocenters. The molecule has 3 N–H and O–H groups in total. The van der Waals surface area contributed by atoms with E-state index in [9.17, 15) is 14.4 Å². The molecule has 4 rings (SSSR count). The number of carbonyl (C=O) groups excluding carboxylic acids is 3. The zero-order chi connectivity index (χ0) is 27.8. The van der Waals surface area contributed by atoms with Crippen LogP contribution in [0.5, 0.6) is 0 Å². The Kier molecular flexibility index (Phi) is 9.35. The third kappa shape index (κ3) is 8.17. The number of thiophene rings is 1. The summed E-state index contributed by atoms with van der Waals surface area (Å²) in [6.45, 7) is 5.83. The van der Waals surface area contributed by atoms with Gasteiger partial charge in [0.25, 0.3) is 11.8 Å². The van der Waals surface area contributed by atoms with E-state index in [1.165, 1.54) is 23.1 Å². The maximum absolute atomic E-state index is 13.2. The fourth-order valence-corrected chi connectivity index (χ4v) is 5.40. The van der Waals surface area contributed by atoms with Gasteiger partial charge >= 0.3 is 0 Å². The summed E-state index contributed by atoms with van der Waals surface area (Å²) in [5.74, 6) is -0.933. The van der Waals surface area contributed by atoms with E-state index in [1.807, 2.05) is 74.0 Å².